The number of carboxylic acid groups (broad SMARTS) is 1. The van der Waals surface area contributed by atoms with E-state index >= 15 is 0 Å². The molecule has 6 heteroatoms. The van der Waals surface area contributed by atoms with Gasteiger partial charge in [0.2, 0.25) is 9.84 Å². The van der Waals surface area contributed by atoms with Crippen molar-refractivity contribution in [2.45, 2.75) is 0 Å². The van der Waals surface area contributed by atoms with E-state index in [-0.39, 0.29) is 4.91 Å². The van der Waals surface area contributed by atoms with Gasteiger partial charge in [0.1, 0.15) is 0 Å². The largest absolute Gasteiger partial charge is 0.477 e. The van der Waals surface area contributed by atoms with Crippen LogP contribution in [0.1, 0.15) is 5.56 Å². The van der Waals surface area contributed by atoms with Crippen molar-refractivity contribution in [1.82, 2.24) is 0 Å². The minimum absolute atomic E-state index is 0.0441. The van der Waals surface area contributed by atoms with E-state index in [1.807, 2.05) is 0 Å². The molecule has 0 aromatic heterocycles. The van der Waals surface area contributed by atoms with Gasteiger partial charge in [-0.05, 0) is 29.8 Å². The number of hydrogen-bond acceptors (Lipinski definition) is 3. The van der Waals surface area contributed by atoms with E-state index in [0.717, 1.165) is 6.08 Å². The number of carbonyl (C=O) groups is 1. The number of benzene rings is 1. The van der Waals surface area contributed by atoms with E-state index in [9.17, 15) is 13.2 Å². The second kappa shape index (κ2) is 4.01. The van der Waals surface area contributed by atoms with Gasteiger partial charge < -0.3 is 5.11 Å². The molecule has 0 amide bonds. The normalized spacial score (nSPS) is 17.5. The fraction of sp³-hybridized carbons (Fsp3) is 0. The fourth-order valence-electron chi connectivity index (χ4n) is 1.53. The van der Waals surface area contributed by atoms with E-state index in [4.69, 9.17) is 16.7 Å². The van der Waals surface area contributed by atoms with Gasteiger partial charge in [0.05, 0.1) is 4.91 Å². The SMILES string of the molecule is O=C(O)C1=CC=C(c2cccc(Cl)c2)S1(=O)=O. The van der Waals surface area contributed by atoms with Gasteiger partial charge in [-0.1, -0.05) is 23.7 Å². The Morgan fingerprint density at radius 2 is 1.94 bits per heavy atom. The summed E-state index contributed by atoms with van der Waals surface area (Å²) in [5.41, 5.74) is 0.380. The number of halogens is 1. The second-order valence-electron chi connectivity index (χ2n) is 3.38. The molecule has 1 heterocycles. The van der Waals surface area contributed by atoms with Crippen molar-refractivity contribution in [3.63, 3.8) is 0 Å². The third-order valence-electron chi connectivity index (χ3n) is 2.29. The highest BCUT2D eigenvalue weighted by molar-refractivity contribution is 8.05. The zero-order valence-corrected chi connectivity index (χ0v) is 9.99. The third-order valence-corrected chi connectivity index (χ3v) is 4.36. The molecule has 17 heavy (non-hydrogen) atoms. The summed E-state index contributed by atoms with van der Waals surface area (Å²) in [6, 6.07) is 6.25. The van der Waals surface area contributed by atoms with Gasteiger partial charge in [-0.15, -0.1) is 0 Å². The van der Waals surface area contributed by atoms with E-state index < -0.39 is 20.7 Å². The molecule has 4 nitrogen and oxygen atoms in total. The summed E-state index contributed by atoms with van der Waals surface area (Å²) in [5, 5.41) is 9.15. The Morgan fingerprint density at radius 3 is 2.47 bits per heavy atom. The number of aliphatic carboxylic acids is 1. The van der Waals surface area contributed by atoms with Crippen LogP contribution in [0.5, 0.6) is 0 Å². The quantitative estimate of drug-likeness (QED) is 0.893. The average Bonchev–Trinajstić information content (AvgIpc) is 2.53. The summed E-state index contributed by atoms with van der Waals surface area (Å²) in [4.78, 5) is 10.1. The molecule has 0 radical (unpaired) electrons. The Bertz CT molecular complexity index is 656. The molecule has 0 aliphatic carbocycles. The maximum atomic E-state index is 11.9. The Morgan fingerprint density at radius 1 is 1.24 bits per heavy atom. The Hall–Kier alpha value is -1.59. The Balaban J connectivity index is 2.50. The summed E-state index contributed by atoms with van der Waals surface area (Å²) in [7, 11) is -3.93. The first-order valence-corrected chi connectivity index (χ1v) is 6.45. The number of rotatable bonds is 2. The van der Waals surface area contributed by atoms with Crippen LogP contribution in [0.4, 0.5) is 0 Å². The van der Waals surface area contributed by atoms with Crippen molar-refractivity contribution in [2.75, 3.05) is 0 Å². The van der Waals surface area contributed by atoms with Crippen LogP contribution in [0.3, 0.4) is 0 Å². The van der Waals surface area contributed by atoms with E-state index in [1.165, 1.54) is 12.1 Å². The summed E-state index contributed by atoms with van der Waals surface area (Å²) in [5.74, 6) is -1.46. The minimum atomic E-state index is -3.93. The van der Waals surface area contributed by atoms with Crippen molar-refractivity contribution >= 4 is 32.3 Å². The lowest BCUT2D eigenvalue weighted by Gasteiger charge is -2.04. The molecule has 0 fully saturated rings. The predicted molar refractivity (Wildman–Crippen MR) is 64.1 cm³/mol. The van der Waals surface area contributed by atoms with Crippen LogP contribution in [0.25, 0.3) is 4.91 Å². The highest BCUT2D eigenvalue weighted by atomic mass is 35.5. The van der Waals surface area contributed by atoms with E-state index in [2.05, 4.69) is 0 Å². The first-order chi connectivity index (χ1) is 7.93. The summed E-state index contributed by atoms with van der Waals surface area (Å²) in [6.45, 7) is 0. The molecule has 1 aliphatic heterocycles. The lowest BCUT2D eigenvalue weighted by atomic mass is 10.2. The van der Waals surface area contributed by atoms with Crippen LogP contribution in [0.15, 0.2) is 41.3 Å². The van der Waals surface area contributed by atoms with Crippen LogP contribution in [0, 0.1) is 0 Å². The Kier molecular flexibility index (Phi) is 2.81. The van der Waals surface area contributed by atoms with Crippen LogP contribution in [-0.4, -0.2) is 19.5 Å². The smallest absolute Gasteiger partial charge is 0.347 e. The van der Waals surface area contributed by atoms with Crippen LogP contribution >= 0.6 is 11.6 Å². The average molecular weight is 271 g/mol. The van der Waals surface area contributed by atoms with Gasteiger partial charge in [0.15, 0.2) is 4.91 Å². The van der Waals surface area contributed by atoms with Gasteiger partial charge in [-0.2, -0.15) is 0 Å². The zero-order valence-electron chi connectivity index (χ0n) is 8.42. The standard InChI is InChI=1S/C11H7ClO4S/c12-8-3-1-2-7(6-8)9-4-5-10(11(13)14)17(9,15)16/h1-6H,(H,13,14). The third kappa shape index (κ3) is 1.99. The van der Waals surface area contributed by atoms with Crippen molar-refractivity contribution in [3.8, 4) is 0 Å². The van der Waals surface area contributed by atoms with Crippen molar-refractivity contribution in [2.24, 2.45) is 0 Å². The maximum absolute atomic E-state index is 11.9. The number of carboxylic acids is 1. The van der Waals surface area contributed by atoms with E-state index in [1.54, 1.807) is 18.2 Å². The summed E-state index contributed by atoms with van der Waals surface area (Å²) in [6.07, 6.45) is 2.35. The van der Waals surface area contributed by atoms with Gasteiger partial charge in [0, 0.05) is 5.02 Å². The molecule has 1 N–H and O–H groups in total. The second-order valence-corrected chi connectivity index (χ2v) is 5.70. The fourth-order valence-corrected chi connectivity index (χ4v) is 3.12. The maximum Gasteiger partial charge on any atom is 0.347 e. The molecular formula is C11H7ClO4S. The molecule has 0 atom stereocenters. The van der Waals surface area contributed by atoms with Crippen molar-refractivity contribution in [3.05, 3.63) is 51.9 Å². The number of sulfone groups is 1. The summed E-state index contributed by atoms with van der Waals surface area (Å²) < 4.78 is 23.8. The molecule has 0 saturated heterocycles. The molecule has 1 aliphatic rings. The number of hydrogen-bond donors (Lipinski definition) is 1. The first-order valence-electron chi connectivity index (χ1n) is 4.59. The van der Waals surface area contributed by atoms with Gasteiger partial charge in [-0.25, -0.2) is 13.2 Å². The molecule has 1 aromatic carbocycles. The molecule has 2 rings (SSSR count). The highest BCUT2D eigenvalue weighted by Crippen LogP contribution is 2.33. The molecule has 1 aromatic rings. The van der Waals surface area contributed by atoms with Crippen LogP contribution in [0.2, 0.25) is 5.02 Å². The molecule has 0 unspecified atom stereocenters. The van der Waals surface area contributed by atoms with Gasteiger partial charge >= 0.3 is 5.97 Å². The minimum Gasteiger partial charge on any atom is -0.477 e. The molecule has 0 spiro atoms. The summed E-state index contributed by atoms with van der Waals surface area (Å²) >= 11 is 5.76. The Labute approximate surface area is 103 Å². The zero-order chi connectivity index (χ0) is 12.6. The van der Waals surface area contributed by atoms with Gasteiger partial charge in [0.25, 0.3) is 0 Å². The molecule has 0 bridgehead atoms. The highest BCUT2D eigenvalue weighted by Gasteiger charge is 2.33. The van der Waals surface area contributed by atoms with E-state index in [0.29, 0.717) is 10.6 Å². The molecular weight excluding hydrogens is 264 g/mol. The van der Waals surface area contributed by atoms with Crippen LogP contribution < -0.4 is 0 Å². The lowest BCUT2D eigenvalue weighted by Crippen LogP contribution is -2.10. The molecule has 0 saturated carbocycles. The van der Waals surface area contributed by atoms with Crippen molar-refractivity contribution in [1.29, 1.82) is 0 Å². The predicted octanol–water partition coefficient (Wildman–Crippen LogP) is 2.08. The van der Waals surface area contributed by atoms with Crippen molar-refractivity contribution < 1.29 is 18.3 Å². The molecule has 88 valence electrons. The van der Waals surface area contributed by atoms with Crippen LogP contribution in [-0.2, 0) is 14.6 Å². The lowest BCUT2D eigenvalue weighted by molar-refractivity contribution is -0.131. The van der Waals surface area contributed by atoms with Gasteiger partial charge in [-0.3, -0.25) is 0 Å². The first kappa shape index (κ1) is 11.9. The topological polar surface area (TPSA) is 71.4 Å². The monoisotopic (exact) mass is 270 g/mol. The number of allylic oxidation sites excluding steroid dienone is 2.